The van der Waals surface area contributed by atoms with Crippen LogP contribution in [0.15, 0.2) is 36.4 Å². The molecule has 0 aliphatic rings. The largest absolute Gasteiger partial charge is 0.573 e. The molecule has 24 heavy (non-hydrogen) atoms. The molecule has 11 heteroatoms. The maximum Gasteiger partial charge on any atom is 0.573 e. The second kappa shape index (κ2) is 6.32. The lowest BCUT2D eigenvalue weighted by Gasteiger charge is -2.12. The lowest BCUT2D eigenvalue weighted by atomic mass is 9.79. The Labute approximate surface area is 131 Å². The first kappa shape index (κ1) is 18.1. The van der Waals surface area contributed by atoms with E-state index in [-0.39, 0.29) is 11.3 Å². The molecule has 0 bridgehead atoms. The van der Waals surface area contributed by atoms with E-state index < -0.39 is 36.6 Å². The minimum Gasteiger partial charge on any atom is -0.423 e. The predicted octanol–water partition coefficient (Wildman–Crippen LogP) is 2.35. The normalized spacial score (nSPS) is 12.2. The Morgan fingerprint density at radius 2 is 1.50 bits per heavy atom. The molecular weight excluding hydrogens is 343 g/mol. The maximum absolute atomic E-state index is 12.8. The van der Waals surface area contributed by atoms with Crippen molar-refractivity contribution in [3.8, 4) is 17.0 Å². The molecule has 4 nitrogen and oxygen atoms in total. The van der Waals surface area contributed by atoms with Crippen LogP contribution in [0, 0.1) is 0 Å². The summed E-state index contributed by atoms with van der Waals surface area (Å²) in [5.41, 5.74) is -2.06. The van der Waals surface area contributed by atoms with Crippen molar-refractivity contribution in [2.24, 2.45) is 0 Å². The Morgan fingerprint density at radius 1 is 0.917 bits per heavy atom. The Bertz CT molecular complexity index is 715. The van der Waals surface area contributed by atoms with Gasteiger partial charge in [0, 0.05) is 5.56 Å². The van der Waals surface area contributed by atoms with Crippen LogP contribution in [0.4, 0.5) is 26.3 Å². The fourth-order valence-electron chi connectivity index (χ4n) is 1.82. The van der Waals surface area contributed by atoms with Gasteiger partial charge in [-0.25, -0.2) is 4.98 Å². The third-order valence-electron chi connectivity index (χ3n) is 2.82. The summed E-state index contributed by atoms with van der Waals surface area (Å²) in [6.45, 7) is 0. The smallest absolute Gasteiger partial charge is 0.423 e. The number of aromatic nitrogens is 1. The van der Waals surface area contributed by atoms with Gasteiger partial charge in [-0.05, 0) is 41.9 Å². The molecule has 1 heterocycles. The SMILES string of the molecule is OB(O)c1cc(-c2ccc(OC(F)(F)F)cc2)nc(C(F)(F)F)c1. The molecular formula is C13H8BF6NO3. The summed E-state index contributed by atoms with van der Waals surface area (Å²) in [5.74, 6) is -0.555. The van der Waals surface area contributed by atoms with Crippen LogP contribution >= 0.6 is 0 Å². The minimum atomic E-state index is -4.90. The van der Waals surface area contributed by atoms with Crippen molar-refractivity contribution in [2.75, 3.05) is 0 Å². The highest BCUT2D eigenvalue weighted by Crippen LogP contribution is 2.30. The van der Waals surface area contributed by atoms with Gasteiger partial charge >= 0.3 is 19.7 Å². The van der Waals surface area contributed by atoms with Crippen molar-refractivity contribution in [3.63, 3.8) is 0 Å². The first-order valence-electron chi connectivity index (χ1n) is 6.27. The predicted molar refractivity (Wildman–Crippen MR) is 71.2 cm³/mol. The lowest BCUT2D eigenvalue weighted by molar-refractivity contribution is -0.274. The first-order valence-corrected chi connectivity index (χ1v) is 6.27. The summed E-state index contributed by atoms with van der Waals surface area (Å²) in [6, 6.07) is 5.39. The molecule has 0 aliphatic heterocycles. The summed E-state index contributed by atoms with van der Waals surface area (Å²) in [7, 11) is -2.17. The number of pyridine rings is 1. The molecule has 2 rings (SSSR count). The zero-order chi connectivity index (χ0) is 18.1. The van der Waals surface area contributed by atoms with Crippen molar-refractivity contribution in [1.29, 1.82) is 0 Å². The molecule has 1 aromatic heterocycles. The van der Waals surface area contributed by atoms with E-state index in [4.69, 9.17) is 10.0 Å². The Balaban J connectivity index is 2.42. The number of halogens is 6. The second-order valence-corrected chi connectivity index (χ2v) is 4.61. The number of rotatable bonds is 3. The molecule has 0 atom stereocenters. The van der Waals surface area contributed by atoms with Gasteiger partial charge in [0.25, 0.3) is 0 Å². The standard InChI is InChI=1S/C13H8BF6NO3/c15-12(16,17)11-6-8(14(22)23)5-10(21-11)7-1-3-9(4-2-7)24-13(18,19)20/h1-6,22-23H. The van der Waals surface area contributed by atoms with Crippen molar-refractivity contribution in [2.45, 2.75) is 12.5 Å². The number of nitrogens with zero attached hydrogens (tertiary/aromatic N) is 1. The number of benzene rings is 1. The zero-order valence-corrected chi connectivity index (χ0v) is 11.6. The highest BCUT2D eigenvalue weighted by atomic mass is 19.4. The van der Waals surface area contributed by atoms with E-state index in [2.05, 4.69) is 9.72 Å². The van der Waals surface area contributed by atoms with Gasteiger partial charge < -0.3 is 14.8 Å². The van der Waals surface area contributed by atoms with Gasteiger partial charge in [0.15, 0.2) is 0 Å². The highest BCUT2D eigenvalue weighted by Gasteiger charge is 2.34. The third-order valence-corrected chi connectivity index (χ3v) is 2.82. The van der Waals surface area contributed by atoms with E-state index >= 15 is 0 Å². The highest BCUT2D eigenvalue weighted by molar-refractivity contribution is 6.58. The van der Waals surface area contributed by atoms with Crippen LogP contribution in [0.2, 0.25) is 0 Å². The molecule has 0 unspecified atom stereocenters. The molecule has 0 saturated carbocycles. The number of hydrogen-bond donors (Lipinski definition) is 2. The second-order valence-electron chi connectivity index (χ2n) is 4.61. The van der Waals surface area contributed by atoms with E-state index in [0.29, 0.717) is 6.07 Å². The summed E-state index contributed by atoms with van der Waals surface area (Å²) in [4.78, 5) is 3.35. The molecule has 0 fully saturated rings. The molecule has 0 spiro atoms. The van der Waals surface area contributed by atoms with Crippen LogP contribution < -0.4 is 10.2 Å². The molecule has 2 aromatic rings. The van der Waals surface area contributed by atoms with Crippen LogP contribution in [0.5, 0.6) is 5.75 Å². The monoisotopic (exact) mass is 351 g/mol. The average Bonchev–Trinajstić information content (AvgIpc) is 2.45. The maximum atomic E-state index is 12.8. The van der Waals surface area contributed by atoms with Crippen LogP contribution in [0.3, 0.4) is 0 Å². The molecule has 128 valence electrons. The number of hydrogen-bond acceptors (Lipinski definition) is 4. The van der Waals surface area contributed by atoms with Crippen molar-refractivity contribution in [3.05, 3.63) is 42.1 Å². The van der Waals surface area contributed by atoms with Gasteiger partial charge in [-0.3, -0.25) is 0 Å². The topological polar surface area (TPSA) is 62.6 Å². The van der Waals surface area contributed by atoms with Crippen LogP contribution in [-0.2, 0) is 6.18 Å². The van der Waals surface area contributed by atoms with E-state index in [0.717, 1.165) is 30.3 Å². The summed E-state index contributed by atoms with van der Waals surface area (Å²) < 4.78 is 78.3. The zero-order valence-electron chi connectivity index (χ0n) is 11.6. The number of alkyl halides is 6. The lowest BCUT2D eigenvalue weighted by Crippen LogP contribution is -2.31. The van der Waals surface area contributed by atoms with Gasteiger partial charge in [0.1, 0.15) is 11.4 Å². The van der Waals surface area contributed by atoms with Gasteiger partial charge in [0.2, 0.25) is 0 Å². The van der Waals surface area contributed by atoms with E-state index in [1.807, 2.05) is 0 Å². The summed E-state index contributed by atoms with van der Waals surface area (Å²) in [5, 5.41) is 18.1. The third kappa shape index (κ3) is 4.62. The number of ether oxygens (including phenoxy) is 1. The average molecular weight is 351 g/mol. The molecule has 0 aliphatic carbocycles. The van der Waals surface area contributed by atoms with Crippen molar-refractivity contribution in [1.82, 2.24) is 4.98 Å². The Kier molecular flexibility index (Phi) is 4.76. The van der Waals surface area contributed by atoms with E-state index in [1.54, 1.807) is 0 Å². The fraction of sp³-hybridized carbons (Fsp3) is 0.154. The van der Waals surface area contributed by atoms with Crippen LogP contribution in [-0.4, -0.2) is 28.5 Å². The van der Waals surface area contributed by atoms with Crippen molar-refractivity contribution >= 4 is 12.6 Å². The quantitative estimate of drug-likeness (QED) is 0.658. The molecule has 1 aromatic carbocycles. The molecule has 0 radical (unpaired) electrons. The Hall–Kier alpha value is -2.27. The minimum absolute atomic E-state index is 0.0394. The van der Waals surface area contributed by atoms with Crippen LogP contribution in [0.25, 0.3) is 11.3 Å². The summed E-state index contributed by atoms with van der Waals surface area (Å²) >= 11 is 0. The molecule has 0 saturated heterocycles. The fourth-order valence-corrected chi connectivity index (χ4v) is 1.82. The molecule has 2 N–H and O–H groups in total. The van der Waals surface area contributed by atoms with Crippen LogP contribution in [0.1, 0.15) is 5.69 Å². The van der Waals surface area contributed by atoms with Gasteiger partial charge in [0.05, 0.1) is 5.69 Å². The molecule has 0 amide bonds. The van der Waals surface area contributed by atoms with Crippen molar-refractivity contribution < 1.29 is 41.1 Å². The summed E-state index contributed by atoms with van der Waals surface area (Å²) in [6.07, 6.45) is -9.73. The van der Waals surface area contributed by atoms with Gasteiger partial charge in [-0.15, -0.1) is 13.2 Å². The van der Waals surface area contributed by atoms with E-state index in [1.165, 1.54) is 0 Å². The Morgan fingerprint density at radius 3 is 1.96 bits per heavy atom. The van der Waals surface area contributed by atoms with Gasteiger partial charge in [-0.2, -0.15) is 13.2 Å². The van der Waals surface area contributed by atoms with Gasteiger partial charge in [-0.1, -0.05) is 0 Å². The van der Waals surface area contributed by atoms with E-state index in [9.17, 15) is 26.3 Å². The first-order chi connectivity index (χ1) is 11.0.